The van der Waals surface area contributed by atoms with Gasteiger partial charge in [-0.2, -0.15) is 0 Å². The van der Waals surface area contributed by atoms with Gasteiger partial charge in [0.25, 0.3) is 0 Å². The summed E-state index contributed by atoms with van der Waals surface area (Å²) in [6, 6.07) is 9.68. The van der Waals surface area contributed by atoms with Crippen molar-refractivity contribution in [3.63, 3.8) is 0 Å². The maximum atomic E-state index is 12.8. The van der Waals surface area contributed by atoms with Gasteiger partial charge in [0.2, 0.25) is 0 Å². The second-order valence-corrected chi connectivity index (χ2v) is 3.99. The van der Waals surface area contributed by atoms with Gasteiger partial charge in [0.1, 0.15) is 11.5 Å². The Morgan fingerprint density at radius 2 is 1.72 bits per heavy atom. The third-order valence-electron chi connectivity index (χ3n) is 2.71. The molecule has 0 aliphatic rings. The molecule has 0 saturated heterocycles. The van der Waals surface area contributed by atoms with E-state index in [2.05, 4.69) is 4.98 Å². The second-order valence-electron chi connectivity index (χ2n) is 3.99. The molecule has 3 nitrogen and oxygen atoms in total. The fraction of sp³-hybridized carbons (Fsp3) is 0.143. The first-order valence-corrected chi connectivity index (χ1v) is 5.54. The van der Waals surface area contributed by atoms with Crippen LogP contribution in [-0.4, -0.2) is 17.8 Å². The lowest BCUT2D eigenvalue weighted by Gasteiger charge is -2.19. The Balaban J connectivity index is 2.25. The fourth-order valence-corrected chi connectivity index (χ4v) is 1.61. The van der Waals surface area contributed by atoms with Crippen LogP contribution in [0.3, 0.4) is 0 Å². The average Bonchev–Trinajstić information content (AvgIpc) is 2.39. The van der Waals surface area contributed by atoms with Crippen LogP contribution < -0.4 is 4.90 Å². The number of aromatic nitrogens is 1. The van der Waals surface area contributed by atoms with Gasteiger partial charge < -0.3 is 4.90 Å². The predicted molar refractivity (Wildman–Crippen MR) is 68.7 cm³/mol. The van der Waals surface area contributed by atoms with Crippen LogP contribution in [0.2, 0.25) is 0 Å². The average molecular weight is 244 g/mol. The van der Waals surface area contributed by atoms with Crippen LogP contribution in [0.5, 0.6) is 0 Å². The van der Waals surface area contributed by atoms with E-state index in [0.29, 0.717) is 5.69 Å². The number of pyridine rings is 1. The van der Waals surface area contributed by atoms with Crippen LogP contribution in [-0.2, 0) is 0 Å². The minimum absolute atomic E-state index is 0.0639. The topological polar surface area (TPSA) is 33.2 Å². The van der Waals surface area contributed by atoms with Crippen molar-refractivity contribution >= 4 is 17.2 Å². The molecule has 4 heteroatoms. The summed E-state index contributed by atoms with van der Waals surface area (Å²) in [7, 11) is 1.86. The van der Waals surface area contributed by atoms with Crippen molar-refractivity contribution in [3.8, 4) is 0 Å². The van der Waals surface area contributed by atoms with E-state index in [9.17, 15) is 9.18 Å². The third-order valence-corrected chi connectivity index (χ3v) is 2.71. The van der Waals surface area contributed by atoms with Gasteiger partial charge in [0, 0.05) is 19.7 Å². The Morgan fingerprint density at radius 1 is 1.11 bits per heavy atom. The molecular formula is C14H13FN2O. The molecule has 18 heavy (non-hydrogen) atoms. The van der Waals surface area contributed by atoms with E-state index in [0.717, 1.165) is 11.4 Å². The number of halogens is 1. The number of hydrogen-bond acceptors (Lipinski definition) is 3. The van der Waals surface area contributed by atoms with Gasteiger partial charge in [0.05, 0.1) is 11.9 Å². The number of anilines is 2. The van der Waals surface area contributed by atoms with Gasteiger partial charge in [-0.3, -0.25) is 9.78 Å². The zero-order valence-electron chi connectivity index (χ0n) is 10.2. The predicted octanol–water partition coefficient (Wildman–Crippen LogP) is 3.19. The molecule has 0 fully saturated rings. The maximum absolute atomic E-state index is 12.8. The van der Waals surface area contributed by atoms with E-state index in [1.54, 1.807) is 24.4 Å². The van der Waals surface area contributed by atoms with Gasteiger partial charge in [-0.05, 0) is 36.4 Å². The summed E-state index contributed by atoms with van der Waals surface area (Å²) in [5, 5.41) is 0. The molecule has 0 N–H and O–H groups in total. The van der Waals surface area contributed by atoms with E-state index >= 15 is 0 Å². The monoisotopic (exact) mass is 244 g/mol. The second kappa shape index (κ2) is 4.96. The molecule has 0 unspecified atom stereocenters. The highest BCUT2D eigenvalue weighted by Gasteiger charge is 2.06. The van der Waals surface area contributed by atoms with Crippen LogP contribution in [0.4, 0.5) is 15.8 Å². The zero-order valence-corrected chi connectivity index (χ0v) is 10.2. The molecule has 1 aromatic heterocycles. The highest BCUT2D eigenvalue weighted by Crippen LogP contribution is 2.22. The summed E-state index contributed by atoms with van der Waals surface area (Å²) in [5.41, 5.74) is 2.13. The number of benzene rings is 1. The van der Waals surface area contributed by atoms with Crippen molar-refractivity contribution < 1.29 is 9.18 Å². The largest absolute Gasteiger partial charge is 0.343 e. The molecule has 2 rings (SSSR count). The van der Waals surface area contributed by atoms with Crippen LogP contribution in [0.25, 0.3) is 0 Å². The van der Waals surface area contributed by atoms with Gasteiger partial charge in [-0.15, -0.1) is 0 Å². The minimum atomic E-state index is -0.266. The molecule has 1 aromatic carbocycles. The maximum Gasteiger partial charge on any atom is 0.178 e. The summed E-state index contributed by atoms with van der Waals surface area (Å²) < 4.78 is 12.8. The Morgan fingerprint density at radius 3 is 2.22 bits per heavy atom. The van der Waals surface area contributed by atoms with Crippen molar-refractivity contribution in [3.05, 3.63) is 54.1 Å². The standard InChI is InChI=1S/C14H13FN2O/c1-10(18)14-8-7-13(9-16-14)17(2)12-5-3-11(15)4-6-12/h3-9H,1-2H3. The fourth-order valence-electron chi connectivity index (χ4n) is 1.61. The zero-order chi connectivity index (χ0) is 13.1. The van der Waals surface area contributed by atoms with E-state index in [-0.39, 0.29) is 11.6 Å². The number of ketones is 1. The van der Waals surface area contributed by atoms with E-state index in [1.165, 1.54) is 19.1 Å². The molecule has 2 aromatic rings. The normalized spacial score (nSPS) is 10.2. The molecule has 0 amide bonds. The molecule has 0 atom stereocenters. The van der Waals surface area contributed by atoms with Crippen LogP contribution in [0, 0.1) is 5.82 Å². The molecule has 0 bridgehead atoms. The summed E-state index contributed by atoms with van der Waals surface area (Å²) in [5.74, 6) is -0.330. The molecule has 0 radical (unpaired) electrons. The SMILES string of the molecule is CC(=O)c1ccc(N(C)c2ccc(F)cc2)cn1. The third kappa shape index (κ3) is 2.53. The Labute approximate surface area is 105 Å². The molecular weight excluding hydrogens is 231 g/mol. The molecule has 0 spiro atoms. The van der Waals surface area contributed by atoms with Crippen molar-refractivity contribution in [2.75, 3.05) is 11.9 Å². The highest BCUT2D eigenvalue weighted by atomic mass is 19.1. The van der Waals surface area contributed by atoms with E-state index < -0.39 is 0 Å². The summed E-state index contributed by atoms with van der Waals surface area (Å²) in [6.45, 7) is 1.48. The lowest BCUT2D eigenvalue weighted by molar-refractivity contribution is 0.101. The number of Topliss-reactive ketones (excluding diaryl/α,β-unsaturated/α-hetero) is 1. The number of carbonyl (C=O) groups is 1. The van der Waals surface area contributed by atoms with Crippen molar-refractivity contribution in [1.29, 1.82) is 0 Å². The highest BCUT2D eigenvalue weighted by molar-refractivity contribution is 5.92. The van der Waals surface area contributed by atoms with E-state index in [1.807, 2.05) is 18.0 Å². The number of carbonyl (C=O) groups excluding carboxylic acids is 1. The van der Waals surface area contributed by atoms with Gasteiger partial charge >= 0.3 is 0 Å². The first-order valence-electron chi connectivity index (χ1n) is 5.54. The van der Waals surface area contributed by atoms with Crippen molar-refractivity contribution in [1.82, 2.24) is 4.98 Å². The summed E-state index contributed by atoms with van der Waals surface area (Å²) in [4.78, 5) is 17.1. The van der Waals surface area contributed by atoms with Crippen LogP contribution >= 0.6 is 0 Å². The lowest BCUT2D eigenvalue weighted by atomic mass is 10.2. The molecule has 0 aliphatic heterocycles. The Bertz CT molecular complexity index is 549. The molecule has 1 heterocycles. The molecule has 0 aliphatic carbocycles. The molecule has 92 valence electrons. The lowest BCUT2D eigenvalue weighted by Crippen LogP contribution is -2.10. The van der Waals surface area contributed by atoms with Crippen molar-refractivity contribution in [2.24, 2.45) is 0 Å². The van der Waals surface area contributed by atoms with Gasteiger partial charge in [-0.25, -0.2) is 4.39 Å². The van der Waals surface area contributed by atoms with Crippen molar-refractivity contribution in [2.45, 2.75) is 6.92 Å². The smallest absolute Gasteiger partial charge is 0.178 e. The number of nitrogens with zero attached hydrogens (tertiary/aromatic N) is 2. The quantitative estimate of drug-likeness (QED) is 0.777. The van der Waals surface area contributed by atoms with E-state index in [4.69, 9.17) is 0 Å². The van der Waals surface area contributed by atoms with Crippen LogP contribution in [0.1, 0.15) is 17.4 Å². The first-order chi connectivity index (χ1) is 8.58. The van der Waals surface area contributed by atoms with Gasteiger partial charge in [0.15, 0.2) is 5.78 Å². The summed E-state index contributed by atoms with van der Waals surface area (Å²) >= 11 is 0. The minimum Gasteiger partial charge on any atom is -0.343 e. The van der Waals surface area contributed by atoms with Crippen LogP contribution in [0.15, 0.2) is 42.6 Å². The Hall–Kier alpha value is -2.23. The number of hydrogen-bond donors (Lipinski definition) is 0. The van der Waals surface area contributed by atoms with Gasteiger partial charge in [-0.1, -0.05) is 0 Å². The molecule has 0 saturated carbocycles. The Kier molecular flexibility index (Phi) is 3.37. The number of rotatable bonds is 3. The summed E-state index contributed by atoms with van der Waals surface area (Å²) in [6.07, 6.45) is 1.63. The first kappa shape index (κ1) is 12.2.